The van der Waals surface area contributed by atoms with Crippen molar-refractivity contribution in [3.05, 3.63) is 18.5 Å². The van der Waals surface area contributed by atoms with Crippen LogP contribution in [0.1, 0.15) is 19.3 Å². The van der Waals surface area contributed by atoms with Gasteiger partial charge in [-0.15, -0.1) is 0 Å². The van der Waals surface area contributed by atoms with Crippen LogP contribution in [0.2, 0.25) is 0 Å². The van der Waals surface area contributed by atoms with Gasteiger partial charge in [0.05, 0.1) is 13.2 Å². The normalized spacial score (nSPS) is 29.8. The van der Waals surface area contributed by atoms with Crippen molar-refractivity contribution < 1.29 is 9.53 Å². The van der Waals surface area contributed by atoms with Crippen molar-refractivity contribution in [2.75, 3.05) is 13.2 Å². The van der Waals surface area contributed by atoms with E-state index in [0.717, 1.165) is 32.4 Å². The first-order chi connectivity index (χ1) is 8.34. The lowest BCUT2D eigenvalue weighted by molar-refractivity contribution is -0.142. The first-order valence-corrected chi connectivity index (χ1v) is 6.24. The summed E-state index contributed by atoms with van der Waals surface area (Å²) in [6.45, 7) is 2.46. The minimum atomic E-state index is -0.0441. The summed E-state index contributed by atoms with van der Waals surface area (Å²) in [6, 6.07) is 2.34. The van der Waals surface area contributed by atoms with Gasteiger partial charge in [-0.25, -0.2) is 0 Å². The van der Waals surface area contributed by atoms with E-state index < -0.39 is 0 Å². The quantitative estimate of drug-likeness (QED) is 0.722. The van der Waals surface area contributed by atoms with E-state index in [9.17, 15) is 4.79 Å². The van der Waals surface area contributed by atoms with Gasteiger partial charge in [0.1, 0.15) is 6.04 Å². The van der Waals surface area contributed by atoms with E-state index in [2.05, 4.69) is 10.00 Å². The number of cyclic esters (lactones) is 1. The zero-order valence-electron chi connectivity index (χ0n) is 9.79. The molecule has 2 aliphatic heterocycles. The van der Waals surface area contributed by atoms with Crippen LogP contribution in [0.25, 0.3) is 0 Å². The summed E-state index contributed by atoms with van der Waals surface area (Å²) in [6.07, 6.45) is 6.92. The largest absolute Gasteiger partial charge is 0.464 e. The van der Waals surface area contributed by atoms with Crippen molar-refractivity contribution in [3.63, 3.8) is 0 Å². The van der Waals surface area contributed by atoms with Crippen LogP contribution in [-0.4, -0.2) is 45.9 Å². The zero-order chi connectivity index (χ0) is 11.7. The molecule has 3 rings (SSSR count). The smallest absolute Gasteiger partial charge is 0.323 e. The Kier molecular flexibility index (Phi) is 2.84. The Morgan fingerprint density at radius 2 is 2.41 bits per heavy atom. The van der Waals surface area contributed by atoms with E-state index in [-0.39, 0.29) is 12.0 Å². The molecule has 0 radical (unpaired) electrons. The van der Waals surface area contributed by atoms with Gasteiger partial charge in [-0.1, -0.05) is 0 Å². The molecule has 0 aromatic carbocycles. The maximum atomic E-state index is 11.6. The number of ether oxygens (including phenoxy) is 1. The summed E-state index contributed by atoms with van der Waals surface area (Å²) in [4.78, 5) is 13.9. The van der Waals surface area contributed by atoms with Crippen LogP contribution in [0.3, 0.4) is 0 Å². The van der Waals surface area contributed by atoms with Gasteiger partial charge in [-0.05, 0) is 25.5 Å². The summed E-state index contributed by atoms with van der Waals surface area (Å²) >= 11 is 0. The molecule has 17 heavy (non-hydrogen) atoms. The first-order valence-electron chi connectivity index (χ1n) is 6.24. The molecule has 0 amide bonds. The monoisotopic (exact) mass is 235 g/mol. The van der Waals surface area contributed by atoms with Gasteiger partial charge in [0.15, 0.2) is 0 Å². The predicted molar refractivity (Wildman–Crippen MR) is 61.3 cm³/mol. The third-order valence-electron chi connectivity index (χ3n) is 3.69. The molecule has 2 saturated heterocycles. The molecule has 5 nitrogen and oxygen atoms in total. The molecule has 1 aromatic rings. The second-order valence-electron chi connectivity index (χ2n) is 4.73. The van der Waals surface area contributed by atoms with Gasteiger partial charge in [0.2, 0.25) is 0 Å². The summed E-state index contributed by atoms with van der Waals surface area (Å²) < 4.78 is 7.01. The van der Waals surface area contributed by atoms with Crippen LogP contribution in [0.5, 0.6) is 0 Å². The minimum Gasteiger partial charge on any atom is -0.464 e. The molecule has 1 aromatic heterocycles. The highest BCUT2D eigenvalue weighted by Crippen LogP contribution is 2.25. The van der Waals surface area contributed by atoms with Crippen molar-refractivity contribution in [2.45, 2.75) is 37.9 Å². The van der Waals surface area contributed by atoms with E-state index in [1.54, 1.807) is 6.20 Å². The molecule has 2 atom stereocenters. The van der Waals surface area contributed by atoms with Crippen molar-refractivity contribution in [1.82, 2.24) is 14.7 Å². The van der Waals surface area contributed by atoms with Crippen molar-refractivity contribution >= 4 is 5.97 Å². The highest BCUT2D eigenvalue weighted by atomic mass is 16.5. The Labute approximate surface area is 100 Å². The van der Waals surface area contributed by atoms with E-state index in [4.69, 9.17) is 4.74 Å². The standard InChI is InChI=1S/C12H17N3O2/c16-12-11(4-8-17-12)15-7-1-3-10(15)9-14-6-2-5-13-14/h2,5-6,10-11H,1,3-4,7-9H2/t10-,11+/m0/s1. The zero-order valence-corrected chi connectivity index (χ0v) is 9.79. The number of hydrogen-bond acceptors (Lipinski definition) is 4. The number of aromatic nitrogens is 2. The van der Waals surface area contributed by atoms with Crippen LogP contribution >= 0.6 is 0 Å². The molecular formula is C12H17N3O2. The Bertz CT molecular complexity index is 390. The van der Waals surface area contributed by atoms with Gasteiger partial charge in [0.25, 0.3) is 0 Å². The maximum Gasteiger partial charge on any atom is 0.323 e. The topological polar surface area (TPSA) is 47.4 Å². The summed E-state index contributed by atoms with van der Waals surface area (Å²) in [5.74, 6) is -0.0441. The number of esters is 1. The Morgan fingerprint density at radius 1 is 1.47 bits per heavy atom. The van der Waals surface area contributed by atoms with Crippen molar-refractivity contribution in [1.29, 1.82) is 0 Å². The Morgan fingerprint density at radius 3 is 3.12 bits per heavy atom. The fraction of sp³-hybridized carbons (Fsp3) is 0.667. The molecule has 0 saturated carbocycles. The lowest BCUT2D eigenvalue weighted by atomic mass is 10.1. The van der Waals surface area contributed by atoms with Crippen molar-refractivity contribution in [3.8, 4) is 0 Å². The second kappa shape index (κ2) is 4.49. The van der Waals surface area contributed by atoms with Crippen LogP contribution in [0.4, 0.5) is 0 Å². The SMILES string of the molecule is O=C1OCC[C@H]1N1CCC[C@H]1Cn1cccn1. The van der Waals surface area contributed by atoms with Gasteiger partial charge in [0, 0.05) is 24.9 Å². The second-order valence-corrected chi connectivity index (χ2v) is 4.73. The van der Waals surface area contributed by atoms with Crippen LogP contribution in [0.15, 0.2) is 18.5 Å². The molecule has 92 valence electrons. The Balaban J connectivity index is 1.69. The summed E-state index contributed by atoms with van der Waals surface area (Å²) in [5.41, 5.74) is 0. The van der Waals surface area contributed by atoms with Gasteiger partial charge < -0.3 is 4.74 Å². The summed E-state index contributed by atoms with van der Waals surface area (Å²) in [7, 11) is 0. The molecule has 0 bridgehead atoms. The first kappa shape index (κ1) is 10.8. The van der Waals surface area contributed by atoms with Crippen molar-refractivity contribution in [2.24, 2.45) is 0 Å². The third kappa shape index (κ3) is 2.07. The van der Waals surface area contributed by atoms with Crippen LogP contribution in [0, 0.1) is 0 Å². The molecule has 0 N–H and O–H groups in total. The minimum absolute atomic E-state index is 0.0157. The number of likely N-dealkylation sites (tertiary alicyclic amines) is 1. The molecule has 0 unspecified atom stereocenters. The number of rotatable bonds is 3. The van der Waals surface area contributed by atoms with E-state index in [1.807, 2.05) is 16.9 Å². The molecule has 0 aliphatic carbocycles. The van der Waals surface area contributed by atoms with Gasteiger partial charge in [-0.2, -0.15) is 5.10 Å². The third-order valence-corrected chi connectivity index (χ3v) is 3.69. The average Bonchev–Trinajstić information content (AvgIpc) is 3.00. The number of nitrogens with zero attached hydrogens (tertiary/aromatic N) is 3. The number of carbonyl (C=O) groups is 1. The Hall–Kier alpha value is -1.36. The fourth-order valence-electron chi connectivity index (χ4n) is 2.88. The molecule has 5 heteroatoms. The average molecular weight is 235 g/mol. The van der Waals surface area contributed by atoms with Gasteiger partial charge in [-0.3, -0.25) is 14.4 Å². The molecule has 2 aliphatic rings. The number of hydrogen-bond donors (Lipinski definition) is 0. The molecule has 3 heterocycles. The lowest BCUT2D eigenvalue weighted by Crippen LogP contribution is -2.43. The fourth-order valence-corrected chi connectivity index (χ4v) is 2.88. The molecular weight excluding hydrogens is 218 g/mol. The lowest BCUT2D eigenvalue weighted by Gasteiger charge is -2.27. The maximum absolute atomic E-state index is 11.6. The molecule has 0 spiro atoms. The van der Waals surface area contributed by atoms with E-state index >= 15 is 0 Å². The van der Waals surface area contributed by atoms with Crippen LogP contribution in [-0.2, 0) is 16.1 Å². The highest BCUT2D eigenvalue weighted by molar-refractivity contribution is 5.77. The molecule has 2 fully saturated rings. The van der Waals surface area contributed by atoms with E-state index in [1.165, 1.54) is 0 Å². The highest BCUT2D eigenvalue weighted by Gasteiger charge is 2.38. The predicted octanol–water partition coefficient (Wildman–Crippen LogP) is 0.663. The van der Waals surface area contributed by atoms with Crippen LogP contribution < -0.4 is 0 Å². The number of carbonyl (C=O) groups excluding carboxylic acids is 1. The summed E-state index contributed by atoms with van der Waals surface area (Å²) in [5, 5.41) is 4.23. The van der Waals surface area contributed by atoms with E-state index in [0.29, 0.717) is 12.6 Å². The van der Waals surface area contributed by atoms with Gasteiger partial charge >= 0.3 is 5.97 Å².